The van der Waals surface area contributed by atoms with Crippen molar-refractivity contribution in [2.24, 2.45) is 11.7 Å². The minimum absolute atomic E-state index is 0.0965. The summed E-state index contributed by atoms with van der Waals surface area (Å²) in [6, 6.07) is 19.3. The third kappa shape index (κ3) is 5.93. The van der Waals surface area contributed by atoms with Gasteiger partial charge in [0.1, 0.15) is 5.69 Å². The van der Waals surface area contributed by atoms with Crippen LogP contribution in [0, 0.1) is 5.92 Å². The van der Waals surface area contributed by atoms with Gasteiger partial charge in [-0.2, -0.15) is 13.2 Å². The molecular weight excluding hydrogens is 469 g/mol. The van der Waals surface area contributed by atoms with E-state index in [-0.39, 0.29) is 11.7 Å². The number of fused-ring (bicyclic) bond motifs is 1. The maximum Gasteiger partial charge on any atom is 0.490 e. The molecule has 0 atom stereocenters. The van der Waals surface area contributed by atoms with Crippen LogP contribution in [0.5, 0.6) is 0 Å². The maximum absolute atomic E-state index is 13.4. The summed E-state index contributed by atoms with van der Waals surface area (Å²) in [6.07, 6.45) is 1.31. The van der Waals surface area contributed by atoms with Crippen molar-refractivity contribution in [1.82, 2.24) is 4.98 Å². The molecule has 190 valence electrons. The van der Waals surface area contributed by atoms with Crippen molar-refractivity contribution < 1.29 is 27.9 Å². The number of ketones is 1. The standard InChI is InChI=1S/C26H28N2O.C2HF3O2/c27-16-21-14-15-24(19-8-9-19)25(28-21)26(29)20-12-10-18(11-13-20)23-7-3-5-17-4-1-2-6-22(17)23;3-2(4,5)1(6)7/h1-7,14-15,18-20H,8-13,16,27H2;(H,6,7). The second-order valence-electron chi connectivity index (χ2n) is 9.50. The van der Waals surface area contributed by atoms with Crippen molar-refractivity contribution in [2.75, 3.05) is 0 Å². The number of aromatic nitrogens is 1. The maximum atomic E-state index is 13.4. The van der Waals surface area contributed by atoms with Crippen molar-refractivity contribution in [3.63, 3.8) is 0 Å². The van der Waals surface area contributed by atoms with Crippen molar-refractivity contribution in [1.29, 1.82) is 0 Å². The highest BCUT2D eigenvalue weighted by Crippen LogP contribution is 2.44. The van der Waals surface area contributed by atoms with Gasteiger partial charge in [-0.3, -0.25) is 4.79 Å². The van der Waals surface area contributed by atoms with E-state index in [0.717, 1.165) is 36.9 Å². The molecular formula is C28H29F3N2O3. The van der Waals surface area contributed by atoms with Gasteiger partial charge in [0.2, 0.25) is 0 Å². The number of Topliss-reactive ketones (excluding diaryl/α,β-unsaturated/α-hetero) is 1. The lowest BCUT2D eigenvalue weighted by atomic mass is 9.75. The molecule has 0 aliphatic heterocycles. The zero-order valence-corrected chi connectivity index (χ0v) is 19.8. The quantitative estimate of drug-likeness (QED) is 0.399. The third-order valence-electron chi connectivity index (χ3n) is 7.05. The van der Waals surface area contributed by atoms with Crippen LogP contribution in [-0.4, -0.2) is 28.0 Å². The van der Waals surface area contributed by atoms with E-state index < -0.39 is 12.1 Å². The number of hydrogen-bond acceptors (Lipinski definition) is 4. The summed E-state index contributed by atoms with van der Waals surface area (Å²) in [5, 5.41) is 9.79. The number of carbonyl (C=O) groups is 2. The van der Waals surface area contributed by atoms with E-state index in [1.807, 2.05) is 6.07 Å². The van der Waals surface area contributed by atoms with Crippen LogP contribution in [0.3, 0.4) is 0 Å². The second-order valence-corrected chi connectivity index (χ2v) is 9.50. The van der Waals surface area contributed by atoms with Crippen LogP contribution >= 0.6 is 0 Å². The van der Waals surface area contributed by atoms with E-state index in [2.05, 4.69) is 53.5 Å². The predicted octanol–water partition coefficient (Wildman–Crippen LogP) is 6.36. The number of carboxylic acids is 1. The molecule has 5 rings (SSSR count). The number of alkyl halides is 3. The first-order chi connectivity index (χ1) is 17.2. The molecule has 2 fully saturated rings. The monoisotopic (exact) mass is 498 g/mol. The lowest BCUT2D eigenvalue weighted by Gasteiger charge is -2.29. The van der Waals surface area contributed by atoms with Gasteiger partial charge < -0.3 is 10.8 Å². The van der Waals surface area contributed by atoms with E-state index in [4.69, 9.17) is 15.6 Å². The van der Waals surface area contributed by atoms with Crippen molar-refractivity contribution in [3.8, 4) is 0 Å². The molecule has 1 aromatic heterocycles. The van der Waals surface area contributed by atoms with E-state index >= 15 is 0 Å². The number of pyridine rings is 1. The SMILES string of the molecule is NCc1ccc(C2CC2)c(C(=O)C2CCC(c3cccc4ccccc34)CC2)n1.O=C(O)C(F)(F)F. The lowest BCUT2D eigenvalue weighted by molar-refractivity contribution is -0.192. The molecule has 36 heavy (non-hydrogen) atoms. The highest BCUT2D eigenvalue weighted by molar-refractivity contribution is 5.98. The predicted molar refractivity (Wildman–Crippen MR) is 131 cm³/mol. The fourth-order valence-electron chi connectivity index (χ4n) is 5.01. The first kappa shape index (κ1) is 25.8. The van der Waals surface area contributed by atoms with Gasteiger partial charge in [-0.1, -0.05) is 48.5 Å². The Balaban J connectivity index is 0.000000384. The molecule has 0 unspecified atom stereocenters. The van der Waals surface area contributed by atoms with Gasteiger partial charge in [0.05, 0.1) is 5.69 Å². The van der Waals surface area contributed by atoms with Gasteiger partial charge >= 0.3 is 12.1 Å². The Bertz CT molecular complexity index is 1240. The number of rotatable bonds is 5. The topological polar surface area (TPSA) is 93.3 Å². The molecule has 0 saturated heterocycles. The largest absolute Gasteiger partial charge is 0.490 e. The van der Waals surface area contributed by atoms with Crippen molar-refractivity contribution in [2.45, 2.75) is 63.1 Å². The zero-order chi connectivity index (χ0) is 25.9. The van der Waals surface area contributed by atoms with Crippen molar-refractivity contribution >= 4 is 22.5 Å². The van der Waals surface area contributed by atoms with Gasteiger partial charge in [0.25, 0.3) is 0 Å². The third-order valence-corrected chi connectivity index (χ3v) is 7.05. The van der Waals surface area contributed by atoms with Gasteiger partial charge in [0.15, 0.2) is 5.78 Å². The first-order valence-electron chi connectivity index (χ1n) is 12.2. The first-order valence-corrected chi connectivity index (χ1v) is 12.2. The van der Waals surface area contributed by atoms with E-state index in [1.54, 1.807) is 0 Å². The minimum Gasteiger partial charge on any atom is -0.475 e. The van der Waals surface area contributed by atoms with Gasteiger partial charge in [0, 0.05) is 12.5 Å². The summed E-state index contributed by atoms with van der Waals surface area (Å²) in [5.74, 6) is -1.35. The number of carbonyl (C=O) groups excluding carboxylic acids is 1. The molecule has 2 saturated carbocycles. The molecule has 0 radical (unpaired) electrons. The van der Waals surface area contributed by atoms with E-state index in [0.29, 0.717) is 24.1 Å². The van der Waals surface area contributed by atoms with Crippen molar-refractivity contribution in [3.05, 3.63) is 77.1 Å². The molecule has 8 heteroatoms. The summed E-state index contributed by atoms with van der Waals surface area (Å²) < 4.78 is 31.7. The fraction of sp³-hybridized carbons (Fsp3) is 0.393. The Kier molecular flexibility index (Phi) is 7.73. The summed E-state index contributed by atoms with van der Waals surface area (Å²) >= 11 is 0. The fourth-order valence-corrected chi connectivity index (χ4v) is 5.01. The van der Waals surface area contributed by atoms with Gasteiger partial charge in [-0.05, 0) is 78.3 Å². The molecule has 2 aliphatic rings. The second kappa shape index (κ2) is 10.8. The molecule has 2 aromatic carbocycles. The van der Waals surface area contributed by atoms with Crippen LogP contribution in [-0.2, 0) is 11.3 Å². The molecule has 0 spiro atoms. The Labute approximate surface area is 207 Å². The van der Waals surface area contributed by atoms with Crippen LogP contribution in [0.4, 0.5) is 13.2 Å². The Morgan fingerprint density at radius 2 is 1.44 bits per heavy atom. The van der Waals surface area contributed by atoms with Gasteiger partial charge in [-0.15, -0.1) is 0 Å². The average Bonchev–Trinajstić information content (AvgIpc) is 3.73. The number of hydrogen-bond donors (Lipinski definition) is 2. The van der Waals surface area contributed by atoms with E-state index in [1.165, 1.54) is 29.2 Å². The van der Waals surface area contributed by atoms with Crippen LogP contribution in [0.25, 0.3) is 10.8 Å². The molecule has 5 nitrogen and oxygen atoms in total. The molecule has 3 aromatic rings. The van der Waals surface area contributed by atoms with Crippen LogP contribution in [0.1, 0.15) is 77.7 Å². The Morgan fingerprint density at radius 3 is 2.06 bits per heavy atom. The number of halogens is 3. The normalized spacial score (nSPS) is 19.9. The van der Waals surface area contributed by atoms with Crippen LogP contribution in [0.2, 0.25) is 0 Å². The molecule has 3 N–H and O–H groups in total. The zero-order valence-electron chi connectivity index (χ0n) is 19.8. The number of aliphatic carboxylic acids is 1. The highest BCUT2D eigenvalue weighted by atomic mass is 19.4. The van der Waals surface area contributed by atoms with E-state index in [9.17, 15) is 18.0 Å². The Hall–Kier alpha value is -3.26. The average molecular weight is 499 g/mol. The number of nitrogens with zero attached hydrogens (tertiary/aromatic N) is 1. The lowest BCUT2D eigenvalue weighted by Crippen LogP contribution is -2.24. The Morgan fingerprint density at radius 1 is 0.861 bits per heavy atom. The summed E-state index contributed by atoms with van der Waals surface area (Å²) in [5.41, 5.74) is 9.92. The summed E-state index contributed by atoms with van der Waals surface area (Å²) in [6.45, 7) is 0.388. The molecule has 0 amide bonds. The molecule has 1 heterocycles. The summed E-state index contributed by atoms with van der Waals surface area (Å²) in [4.78, 5) is 26.9. The number of carboxylic acid groups (broad SMARTS) is 1. The van der Waals surface area contributed by atoms with Crippen LogP contribution in [0.15, 0.2) is 54.6 Å². The number of nitrogens with two attached hydrogens (primary N) is 1. The number of benzene rings is 2. The minimum atomic E-state index is -5.08. The smallest absolute Gasteiger partial charge is 0.475 e. The van der Waals surface area contributed by atoms with Crippen LogP contribution < -0.4 is 5.73 Å². The van der Waals surface area contributed by atoms with Gasteiger partial charge in [-0.25, -0.2) is 9.78 Å². The highest BCUT2D eigenvalue weighted by Gasteiger charge is 2.38. The molecule has 2 aliphatic carbocycles. The summed E-state index contributed by atoms with van der Waals surface area (Å²) in [7, 11) is 0. The molecule has 0 bridgehead atoms.